The van der Waals surface area contributed by atoms with Crippen molar-refractivity contribution in [2.45, 2.75) is 25.3 Å². The van der Waals surface area contributed by atoms with Gasteiger partial charge in [-0.2, -0.15) is 5.01 Å². The molecule has 2 N–H and O–H groups in total. The average Bonchev–Trinajstić information content (AvgIpc) is 2.94. The van der Waals surface area contributed by atoms with Crippen molar-refractivity contribution < 1.29 is 23.5 Å². The van der Waals surface area contributed by atoms with E-state index in [0.29, 0.717) is 22.6 Å². The molecule has 0 radical (unpaired) electrons. The number of rotatable bonds is 6. The molecule has 2 aromatic carbocycles. The van der Waals surface area contributed by atoms with E-state index in [1.807, 2.05) is 6.07 Å². The molecular formula is C20H20FN3O4. The summed E-state index contributed by atoms with van der Waals surface area (Å²) in [5, 5.41) is 3.35. The van der Waals surface area contributed by atoms with E-state index < -0.39 is 29.2 Å². The highest BCUT2D eigenvalue weighted by Gasteiger charge is 2.52. The van der Waals surface area contributed by atoms with Gasteiger partial charge in [0.1, 0.15) is 5.54 Å². The molecule has 7 nitrogen and oxygen atoms in total. The van der Waals surface area contributed by atoms with Crippen molar-refractivity contribution in [2.75, 3.05) is 7.11 Å². The lowest BCUT2D eigenvalue weighted by Crippen LogP contribution is -2.49. The van der Waals surface area contributed by atoms with E-state index in [1.165, 1.54) is 25.3 Å². The van der Waals surface area contributed by atoms with Crippen molar-refractivity contribution in [3.63, 3.8) is 0 Å². The average molecular weight is 385 g/mol. The first kappa shape index (κ1) is 19.3. The van der Waals surface area contributed by atoms with E-state index in [1.54, 1.807) is 31.2 Å². The van der Waals surface area contributed by atoms with Crippen LogP contribution in [0.1, 0.15) is 24.5 Å². The lowest BCUT2D eigenvalue weighted by Gasteiger charge is -2.25. The van der Waals surface area contributed by atoms with Crippen LogP contribution in [0.15, 0.2) is 48.5 Å². The fourth-order valence-electron chi connectivity index (χ4n) is 3.21. The first-order valence-corrected chi connectivity index (χ1v) is 8.75. The highest BCUT2D eigenvalue weighted by atomic mass is 19.1. The number of ether oxygens (including phenoxy) is 1. The lowest BCUT2D eigenvalue weighted by atomic mass is 9.87. The summed E-state index contributed by atoms with van der Waals surface area (Å²) in [4.78, 5) is 37.6. The van der Waals surface area contributed by atoms with Crippen molar-refractivity contribution in [2.24, 2.45) is 0 Å². The van der Waals surface area contributed by atoms with Gasteiger partial charge in [0.15, 0.2) is 11.6 Å². The topological polar surface area (TPSA) is 87.7 Å². The van der Waals surface area contributed by atoms with Gasteiger partial charge in [0.05, 0.1) is 13.5 Å². The fourth-order valence-corrected chi connectivity index (χ4v) is 3.21. The quantitative estimate of drug-likeness (QED) is 0.747. The zero-order valence-corrected chi connectivity index (χ0v) is 15.5. The molecule has 1 aliphatic rings. The fraction of sp³-hybridized carbons (Fsp3) is 0.250. The second-order valence-electron chi connectivity index (χ2n) is 6.38. The van der Waals surface area contributed by atoms with Crippen LogP contribution in [0.2, 0.25) is 0 Å². The predicted molar refractivity (Wildman–Crippen MR) is 98.6 cm³/mol. The number of urea groups is 1. The number of carbonyl (C=O) groups excluding carboxylic acids is 3. The second kappa shape index (κ2) is 7.67. The Kier molecular flexibility index (Phi) is 5.30. The van der Waals surface area contributed by atoms with Gasteiger partial charge in [0, 0.05) is 0 Å². The lowest BCUT2D eigenvalue weighted by molar-refractivity contribution is -0.139. The summed E-state index contributed by atoms with van der Waals surface area (Å²) < 4.78 is 18.6. The normalized spacial score (nSPS) is 18.8. The Morgan fingerprint density at radius 1 is 1.21 bits per heavy atom. The highest BCUT2D eigenvalue weighted by Crippen LogP contribution is 2.31. The molecule has 1 fully saturated rings. The first-order chi connectivity index (χ1) is 13.4. The van der Waals surface area contributed by atoms with Crippen LogP contribution >= 0.6 is 0 Å². The molecule has 0 bridgehead atoms. The minimum Gasteiger partial charge on any atom is -0.494 e. The van der Waals surface area contributed by atoms with Crippen molar-refractivity contribution in [1.29, 1.82) is 0 Å². The third-order valence-corrected chi connectivity index (χ3v) is 4.71. The van der Waals surface area contributed by atoms with Crippen molar-refractivity contribution in [3.8, 4) is 5.75 Å². The second-order valence-corrected chi connectivity index (χ2v) is 6.38. The molecule has 1 saturated heterocycles. The van der Waals surface area contributed by atoms with Gasteiger partial charge in [-0.25, -0.2) is 9.18 Å². The molecule has 28 heavy (non-hydrogen) atoms. The SMILES string of the molecule is CC[C@@]1(c2ccccc2)NC(=O)N(NC(=O)Cc2ccc(OC)c(F)c2)C1=O. The Morgan fingerprint density at radius 2 is 1.93 bits per heavy atom. The van der Waals surface area contributed by atoms with Crippen molar-refractivity contribution in [3.05, 3.63) is 65.5 Å². The van der Waals surface area contributed by atoms with Gasteiger partial charge >= 0.3 is 6.03 Å². The third-order valence-electron chi connectivity index (χ3n) is 4.71. The Hall–Kier alpha value is -3.42. The largest absolute Gasteiger partial charge is 0.494 e. The van der Waals surface area contributed by atoms with Crippen LogP contribution in [0.25, 0.3) is 0 Å². The standard InChI is InChI=1S/C20H20FN3O4/c1-3-20(14-7-5-4-6-8-14)18(26)24(19(27)22-20)23-17(25)12-13-9-10-16(28-2)15(21)11-13/h4-11H,3,12H2,1-2H3,(H,22,27)(H,23,25)/t20-/m0/s1. The Morgan fingerprint density at radius 3 is 2.54 bits per heavy atom. The van der Waals surface area contributed by atoms with Crippen molar-refractivity contribution in [1.82, 2.24) is 15.8 Å². The number of hydrogen-bond donors (Lipinski definition) is 2. The maximum atomic E-state index is 13.8. The minimum absolute atomic E-state index is 0.0637. The maximum absolute atomic E-state index is 13.8. The van der Waals surface area contributed by atoms with Gasteiger partial charge in [-0.3, -0.25) is 15.0 Å². The summed E-state index contributed by atoms with van der Waals surface area (Å²) in [5.74, 6) is -1.72. The third kappa shape index (κ3) is 3.40. The maximum Gasteiger partial charge on any atom is 0.344 e. The number of nitrogens with one attached hydrogen (secondary N) is 2. The summed E-state index contributed by atoms with van der Waals surface area (Å²) >= 11 is 0. The van der Waals surface area contributed by atoms with Crippen molar-refractivity contribution >= 4 is 17.8 Å². The molecule has 4 amide bonds. The summed E-state index contributed by atoms with van der Waals surface area (Å²) in [6.45, 7) is 1.77. The highest BCUT2D eigenvalue weighted by molar-refractivity contribution is 6.08. The van der Waals surface area contributed by atoms with E-state index in [2.05, 4.69) is 10.7 Å². The van der Waals surface area contributed by atoms with E-state index in [9.17, 15) is 18.8 Å². The number of benzene rings is 2. The zero-order chi connectivity index (χ0) is 20.3. The van der Waals surface area contributed by atoms with Gasteiger partial charge in [-0.1, -0.05) is 43.3 Å². The molecule has 146 valence electrons. The molecule has 0 aromatic heterocycles. The number of nitrogens with zero attached hydrogens (tertiary/aromatic N) is 1. The molecule has 0 unspecified atom stereocenters. The summed E-state index contributed by atoms with van der Waals surface area (Å²) in [7, 11) is 1.34. The minimum atomic E-state index is -1.24. The molecule has 3 rings (SSSR count). The van der Waals surface area contributed by atoms with Crippen LogP contribution < -0.4 is 15.5 Å². The van der Waals surface area contributed by atoms with Crippen LogP contribution in [0.4, 0.5) is 9.18 Å². The molecule has 0 spiro atoms. The molecule has 1 heterocycles. The van der Waals surface area contributed by atoms with Crippen LogP contribution in [0.5, 0.6) is 5.75 Å². The molecule has 0 aliphatic carbocycles. The van der Waals surface area contributed by atoms with E-state index >= 15 is 0 Å². The van der Waals surface area contributed by atoms with Crippen LogP contribution in [-0.2, 0) is 21.5 Å². The summed E-state index contributed by atoms with van der Waals surface area (Å²) in [6, 6.07) is 12.2. The van der Waals surface area contributed by atoms with E-state index in [4.69, 9.17) is 4.74 Å². The Bertz CT molecular complexity index is 919. The number of methoxy groups -OCH3 is 1. The molecular weight excluding hydrogens is 365 g/mol. The first-order valence-electron chi connectivity index (χ1n) is 8.75. The van der Waals surface area contributed by atoms with Gasteiger partial charge in [-0.15, -0.1) is 0 Å². The number of hydrazine groups is 1. The monoisotopic (exact) mass is 385 g/mol. The number of hydrogen-bond acceptors (Lipinski definition) is 4. The number of amides is 4. The summed E-state index contributed by atoms with van der Waals surface area (Å²) in [5.41, 5.74) is 2.09. The number of carbonyl (C=O) groups is 3. The van der Waals surface area contributed by atoms with E-state index in [-0.39, 0.29) is 12.2 Å². The van der Waals surface area contributed by atoms with Gasteiger partial charge in [0.2, 0.25) is 5.91 Å². The summed E-state index contributed by atoms with van der Waals surface area (Å²) in [6.07, 6.45) is 0.111. The predicted octanol–water partition coefficient (Wildman–Crippen LogP) is 2.27. The van der Waals surface area contributed by atoms with Crippen LogP contribution in [0, 0.1) is 5.82 Å². The van der Waals surface area contributed by atoms with Crippen LogP contribution in [-0.4, -0.2) is 30.0 Å². The molecule has 1 aliphatic heterocycles. The van der Waals surface area contributed by atoms with Gasteiger partial charge < -0.3 is 10.1 Å². The number of imide groups is 1. The Balaban J connectivity index is 1.75. The Labute approximate surface area is 161 Å². The van der Waals surface area contributed by atoms with Gasteiger partial charge in [0.25, 0.3) is 5.91 Å². The van der Waals surface area contributed by atoms with Crippen LogP contribution in [0.3, 0.4) is 0 Å². The molecule has 0 saturated carbocycles. The van der Waals surface area contributed by atoms with E-state index in [0.717, 1.165) is 0 Å². The van der Waals surface area contributed by atoms with Gasteiger partial charge in [-0.05, 0) is 29.7 Å². The molecule has 2 aromatic rings. The molecule has 1 atom stereocenters. The molecule has 8 heteroatoms. The zero-order valence-electron chi connectivity index (χ0n) is 15.5. The smallest absolute Gasteiger partial charge is 0.344 e. The number of halogens is 1.